The van der Waals surface area contributed by atoms with Gasteiger partial charge in [0.05, 0.1) is 32.5 Å². The highest BCUT2D eigenvalue weighted by Crippen LogP contribution is 2.39. The lowest BCUT2D eigenvalue weighted by molar-refractivity contribution is -0.165. The first-order valence-electron chi connectivity index (χ1n) is 9.33. The zero-order valence-electron chi connectivity index (χ0n) is 17.2. The van der Waals surface area contributed by atoms with Crippen LogP contribution >= 0.6 is 23.2 Å². The highest BCUT2D eigenvalue weighted by molar-refractivity contribution is 6.33. The van der Waals surface area contributed by atoms with Crippen molar-refractivity contribution >= 4 is 46.5 Å². The normalized spacial score (nSPS) is 13.9. The monoisotopic (exact) mass is 548 g/mol. The molecule has 0 amide bonds. The Bertz CT molecular complexity index is 1050. The predicted octanol–water partition coefficient (Wildman–Crippen LogP) is 4.90. The van der Waals surface area contributed by atoms with Crippen molar-refractivity contribution in [1.29, 1.82) is 0 Å². The van der Waals surface area contributed by atoms with Gasteiger partial charge in [-0.25, -0.2) is 9.59 Å². The largest absolute Gasteiger partial charge is 0.479 e. The second kappa shape index (κ2) is 10.4. The number of carboxylic acid groups (broad SMARTS) is 2. The Morgan fingerprint density at radius 1 is 0.771 bits per heavy atom. The van der Waals surface area contributed by atoms with Crippen LogP contribution in [0.3, 0.4) is 0 Å². The number of carboxylic acids is 2. The summed E-state index contributed by atoms with van der Waals surface area (Å²) in [4.78, 5) is 23.3. The molecule has 0 saturated carbocycles. The number of aliphatic carboxylic acids is 2. The first-order chi connectivity index (χ1) is 15.9. The van der Waals surface area contributed by atoms with Crippen LogP contribution in [0.4, 0.5) is 37.7 Å². The predicted molar refractivity (Wildman–Crippen MR) is 113 cm³/mol. The van der Waals surface area contributed by atoms with Gasteiger partial charge in [0.25, 0.3) is 0 Å². The van der Waals surface area contributed by atoms with Crippen LogP contribution in [0.15, 0.2) is 24.3 Å². The molecule has 6 N–H and O–H groups in total. The highest BCUT2D eigenvalue weighted by Gasteiger charge is 2.37. The lowest BCUT2D eigenvalue weighted by atomic mass is 10.0. The Morgan fingerprint density at radius 3 is 1.34 bits per heavy atom. The molecule has 0 aliphatic rings. The summed E-state index contributed by atoms with van der Waals surface area (Å²) in [6, 6.07) is 2.98. The lowest BCUT2D eigenvalue weighted by Gasteiger charge is -2.21. The fourth-order valence-electron chi connectivity index (χ4n) is 3.07. The number of benzene rings is 2. The van der Waals surface area contributed by atoms with E-state index in [0.717, 1.165) is 12.1 Å². The third kappa shape index (κ3) is 7.05. The minimum atomic E-state index is -4.92. The van der Waals surface area contributed by atoms with Crippen LogP contribution in [-0.4, -0.2) is 34.4 Å². The van der Waals surface area contributed by atoms with Gasteiger partial charge in [0.2, 0.25) is 0 Å². The standard InChI is InChI=1S/C20H16Cl2F6N2O5/c21-11-3-7(1-9(15(11)29)19(23,24)25)5-13(17(31)32)35-14(18(33)34)6-8-2-10(20(26,27)28)16(30)12(22)4-8/h1-4,13-14H,5-6,29-30H2,(H,31,32)(H,33,34)/t13-,14-/m1/s1. The summed E-state index contributed by atoms with van der Waals surface area (Å²) in [5, 5.41) is 17.8. The summed E-state index contributed by atoms with van der Waals surface area (Å²) in [7, 11) is 0. The maximum Gasteiger partial charge on any atom is 0.418 e. The van der Waals surface area contributed by atoms with E-state index in [-0.39, 0.29) is 11.1 Å². The van der Waals surface area contributed by atoms with Crippen molar-refractivity contribution in [3.8, 4) is 0 Å². The molecule has 2 atom stereocenters. The van der Waals surface area contributed by atoms with E-state index >= 15 is 0 Å². The first kappa shape index (κ1) is 28.3. The maximum absolute atomic E-state index is 13.2. The molecule has 7 nitrogen and oxygen atoms in total. The zero-order valence-corrected chi connectivity index (χ0v) is 18.7. The first-order valence-corrected chi connectivity index (χ1v) is 10.1. The molecule has 0 radical (unpaired) electrons. The van der Waals surface area contributed by atoms with E-state index < -0.39 is 81.9 Å². The fraction of sp³-hybridized carbons (Fsp3) is 0.300. The molecule has 35 heavy (non-hydrogen) atoms. The van der Waals surface area contributed by atoms with Gasteiger partial charge in [-0.05, 0) is 35.4 Å². The number of halogens is 8. The number of rotatable bonds is 8. The quantitative estimate of drug-likeness (QED) is 0.272. The van der Waals surface area contributed by atoms with Crippen molar-refractivity contribution in [2.24, 2.45) is 0 Å². The topological polar surface area (TPSA) is 136 Å². The minimum absolute atomic E-state index is 0.289. The second-order valence-corrected chi connectivity index (χ2v) is 8.09. The number of ether oxygens (including phenoxy) is 1. The summed E-state index contributed by atoms with van der Waals surface area (Å²) in [5.74, 6) is -3.49. The molecule has 2 rings (SSSR count). The Balaban J connectivity index is 2.37. The number of nitrogen functional groups attached to an aromatic ring is 2. The van der Waals surface area contributed by atoms with Crippen LogP contribution in [0, 0.1) is 0 Å². The van der Waals surface area contributed by atoms with Gasteiger partial charge >= 0.3 is 24.3 Å². The van der Waals surface area contributed by atoms with Gasteiger partial charge in [0.15, 0.2) is 12.2 Å². The van der Waals surface area contributed by atoms with Crippen LogP contribution in [-0.2, 0) is 39.5 Å². The van der Waals surface area contributed by atoms with Gasteiger partial charge in [0, 0.05) is 12.8 Å². The molecule has 0 saturated heterocycles. The molecule has 192 valence electrons. The third-order valence-electron chi connectivity index (χ3n) is 4.71. The summed E-state index contributed by atoms with van der Waals surface area (Å²) >= 11 is 11.4. The molecule has 0 bridgehead atoms. The van der Waals surface area contributed by atoms with Gasteiger partial charge in [-0.1, -0.05) is 23.2 Å². The zero-order chi connectivity index (χ0) is 26.9. The second-order valence-electron chi connectivity index (χ2n) is 7.27. The van der Waals surface area contributed by atoms with Crippen molar-refractivity contribution in [1.82, 2.24) is 0 Å². The van der Waals surface area contributed by atoms with Crippen LogP contribution in [0.2, 0.25) is 10.0 Å². The van der Waals surface area contributed by atoms with Crippen molar-refractivity contribution in [3.05, 3.63) is 56.6 Å². The van der Waals surface area contributed by atoms with Gasteiger partial charge in [-0.3, -0.25) is 0 Å². The molecule has 0 unspecified atom stereocenters. The molecule has 0 spiro atoms. The van der Waals surface area contributed by atoms with Crippen molar-refractivity contribution in [2.75, 3.05) is 11.5 Å². The summed E-state index contributed by atoms with van der Waals surface area (Å²) in [5.41, 5.74) is 5.81. The van der Waals surface area contributed by atoms with Gasteiger partial charge in [0.1, 0.15) is 0 Å². The minimum Gasteiger partial charge on any atom is -0.479 e. The molecule has 0 aromatic heterocycles. The Kier molecular flexibility index (Phi) is 8.40. The summed E-state index contributed by atoms with van der Waals surface area (Å²) in [6.07, 6.45) is -15.4. The number of carbonyl (C=O) groups is 2. The van der Waals surface area contributed by atoms with E-state index in [1.165, 1.54) is 0 Å². The Hall–Kier alpha value is -2.90. The number of alkyl halides is 6. The van der Waals surface area contributed by atoms with E-state index in [1.54, 1.807) is 0 Å². The van der Waals surface area contributed by atoms with Crippen LogP contribution in [0.5, 0.6) is 0 Å². The molecule has 0 aliphatic heterocycles. The number of hydrogen-bond donors (Lipinski definition) is 4. The van der Waals surface area contributed by atoms with E-state index in [9.17, 15) is 46.1 Å². The van der Waals surface area contributed by atoms with Gasteiger partial charge in [-0.15, -0.1) is 0 Å². The number of anilines is 2. The Morgan fingerprint density at radius 2 is 1.09 bits per heavy atom. The Labute approximate surface area is 203 Å². The van der Waals surface area contributed by atoms with Crippen molar-refractivity contribution in [3.63, 3.8) is 0 Å². The molecule has 0 fully saturated rings. The molecule has 0 aliphatic carbocycles. The van der Waals surface area contributed by atoms with Gasteiger partial charge < -0.3 is 26.4 Å². The summed E-state index contributed by atoms with van der Waals surface area (Å²) < 4.78 is 84.1. The van der Waals surface area contributed by atoms with Crippen LogP contribution < -0.4 is 11.5 Å². The smallest absolute Gasteiger partial charge is 0.418 e. The third-order valence-corrected chi connectivity index (χ3v) is 5.34. The molecule has 0 heterocycles. The number of hydrogen-bond acceptors (Lipinski definition) is 5. The van der Waals surface area contributed by atoms with Gasteiger partial charge in [-0.2, -0.15) is 26.3 Å². The van der Waals surface area contributed by atoms with E-state index in [4.69, 9.17) is 39.4 Å². The van der Waals surface area contributed by atoms with E-state index in [2.05, 4.69) is 0 Å². The van der Waals surface area contributed by atoms with Crippen molar-refractivity contribution in [2.45, 2.75) is 37.4 Å². The molecule has 2 aromatic rings. The number of nitrogens with two attached hydrogens (primary N) is 2. The fourth-order valence-corrected chi connectivity index (χ4v) is 3.55. The van der Waals surface area contributed by atoms with E-state index in [1.807, 2.05) is 0 Å². The SMILES string of the molecule is Nc1c(Cl)cc(C[C@@H](O[C@H](Cc2cc(Cl)c(N)c(C(F)(F)F)c2)C(=O)O)C(=O)O)cc1C(F)(F)F. The molecular weight excluding hydrogens is 533 g/mol. The average Bonchev–Trinajstić information content (AvgIpc) is 2.69. The van der Waals surface area contributed by atoms with Crippen LogP contribution in [0.25, 0.3) is 0 Å². The molecular formula is C20H16Cl2F6N2O5. The lowest BCUT2D eigenvalue weighted by Crippen LogP contribution is -2.36. The summed E-state index contributed by atoms with van der Waals surface area (Å²) in [6.45, 7) is 0. The molecule has 2 aromatic carbocycles. The average molecular weight is 549 g/mol. The maximum atomic E-state index is 13.2. The molecule has 15 heteroatoms. The highest BCUT2D eigenvalue weighted by atomic mass is 35.5. The van der Waals surface area contributed by atoms with Crippen molar-refractivity contribution < 1.29 is 50.9 Å². The van der Waals surface area contributed by atoms with Crippen LogP contribution in [0.1, 0.15) is 22.3 Å². The van der Waals surface area contributed by atoms with E-state index in [0.29, 0.717) is 12.1 Å².